The van der Waals surface area contributed by atoms with E-state index < -0.39 is 11.6 Å². The average molecular weight is 326 g/mol. The SMILES string of the molecule is CC(C)(C)OC(=O)C1CCCCN1C1CCN(CC(=O)O)CC1. The van der Waals surface area contributed by atoms with E-state index in [1.165, 1.54) is 0 Å². The second kappa shape index (κ2) is 7.62. The van der Waals surface area contributed by atoms with Gasteiger partial charge < -0.3 is 9.84 Å². The van der Waals surface area contributed by atoms with Crippen molar-refractivity contribution in [1.82, 2.24) is 9.80 Å². The molecule has 0 aromatic carbocycles. The van der Waals surface area contributed by atoms with Crippen molar-refractivity contribution in [2.24, 2.45) is 0 Å². The monoisotopic (exact) mass is 326 g/mol. The van der Waals surface area contributed by atoms with Gasteiger partial charge in [0, 0.05) is 19.1 Å². The van der Waals surface area contributed by atoms with Crippen molar-refractivity contribution >= 4 is 11.9 Å². The van der Waals surface area contributed by atoms with Crippen LogP contribution in [0.5, 0.6) is 0 Å². The molecule has 0 aromatic heterocycles. The second-order valence-corrected chi connectivity index (χ2v) is 7.68. The first kappa shape index (κ1) is 18.2. The first-order valence-electron chi connectivity index (χ1n) is 8.69. The van der Waals surface area contributed by atoms with Crippen LogP contribution in [0.4, 0.5) is 0 Å². The van der Waals surface area contributed by atoms with Crippen LogP contribution >= 0.6 is 0 Å². The van der Waals surface area contributed by atoms with E-state index in [0.717, 1.165) is 51.7 Å². The van der Waals surface area contributed by atoms with Gasteiger partial charge in [0.15, 0.2) is 0 Å². The molecule has 6 heteroatoms. The largest absolute Gasteiger partial charge is 0.480 e. The number of nitrogens with zero attached hydrogens (tertiary/aromatic N) is 2. The molecule has 0 aliphatic carbocycles. The lowest BCUT2D eigenvalue weighted by atomic mass is 9.95. The van der Waals surface area contributed by atoms with Crippen LogP contribution in [0.25, 0.3) is 0 Å². The van der Waals surface area contributed by atoms with Gasteiger partial charge in [0.2, 0.25) is 0 Å². The van der Waals surface area contributed by atoms with Crippen LogP contribution < -0.4 is 0 Å². The number of carboxylic acid groups (broad SMARTS) is 1. The molecule has 1 N–H and O–H groups in total. The molecule has 2 heterocycles. The summed E-state index contributed by atoms with van der Waals surface area (Å²) in [6.07, 6.45) is 4.90. The van der Waals surface area contributed by atoms with Crippen molar-refractivity contribution in [2.45, 2.75) is 70.6 Å². The highest BCUT2D eigenvalue weighted by atomic mass is 16.6. The molecule has 1 unspecified atom stereocenters. The lowest BCUT2D eigenvalue weighted by Crippen LogP contribution is -2.54. The number of esters is 1. The van der Waals surface area contributed by atoms with Gasteiger partial charge in [0.25, 0.3) is 0 Å². The molecule has 2 rings (SSSR count). The smallest absolute Gasteiger partial charge is 0.323 e. The molecular formula is C17H30N2O4. The van der Waals surface area contributed by atoms with Crippen LogP contribution in [-0.2, 0) is 14.3 Å². The minimum Gasteiger partial charge on any atom is -0.480 e. The molecule has 0 spiro atoms. The van der Waals surface area contributed by atoms with Gasteiger partial charge in [-0.05, 0) is 53.0 Å². The van der Waals surface area contributed by atoms with Crippen molar-refractivity contribution in [1.29, 1.82) is 0 Å². The summed E-state index contributed by atoms with van der Waals surface area (Å²) in [5.74, 6) is -0.877. The van der Waals surface area contributed by atoms with Crippen LogP contribution in [0.2, 0.25) is 0 Å². The maximum absolute atomic E-state index is 12.5. The molecule has 0 aromatic rings. The zero-order valence-corrected chi connectivity index (χ0v) is 14.6. The van der Waals surface area contributed by atoms with Crippen LogP contribution in [-0.4, -0.2) is 70.7 Å². The highest BCUT2D eigenvalue weighted by Gasteiger charge is 2.37. The van der Waals surface area contributed by atoms with Crippen LogP contribution in [0.15, 0.2) is 0 Å². The fourth-order valence-electron chi connectivity index (χ4n) is 3.61. The molecule has 1 atom stereocenters. The maximum Gasteiger partial charge on any atom is 0.323 e. The van der Waals surface area contributed by atoms with Crippen LogP contribution in [0.1, 0.15) is 52.9 Å². The number of hydrogen-bond donors (Lipinski definition) is 1. The quantitative estimate of drug-likeness (QED) is 0.794. The zero-order valence-electron chi connectivity index (χ0n) is 14.6. The summed E-state index contributed by atoms with van der Waals surface area (Å²) in [7, 11) is 0. The molecule has 2 aliphatic heterocycles. The Morgan fingerprint density at radius 1 is 1.09 bits per heavy atom. The third-order valence-electron chi connectivity index (χ3n) is 4.61. The molecule has 0 bridgehead atoms. The second-order valence-electron chi connectivity index (χ2n) is 7.68. The first-order chi connectivity index (χ1) is 10.8. The number of rotatable bonds is 4. The molecule has 2 fully saturated rings. The Labute approximate surface area is 138 Å². The van der Waals surface area contributed by atoms with E-state index in [-0.39, 0.29) is 18.6 Å². The molecule has 2 saturated heterocycles. The fraction of sp³-hybridized carbons (Fsp3) is 0.882. The van der Waals surface area contributed by atoms with E-state index in [1.54, 1.807) is 0 Å². The number of aliphatic carboxylic acids is 1. The van der Waals surface area contributed by atoms with Crippen molar-refractivity contribution in [2.75, 3.05) is 26.2 Å². The van der Waals surface area contributed by atoms with E-state index in [0.29, 0.717) is 6.04 Å². The molecule has 23 heavy (non-hydrogen) atoms. The Morgan fingerprint density at radius 3 is 2.30 bits per heavy atom. The summed E-state index contributed by atoms with van der Waals surface area (Å²) in [5, 5.41) is 8.89. The number of hydrogen-bond acceptors (Lipinski definition) is 5. The average Bonchev–Trinajstić information content (AvgIpc) is 2.46. The molecule has 0 amide bonds. The van der Waals surface area contributed by atoms with Gasteiger partial charge >= 0.3 is 11.9 Å². The summed E-state index contributed by atoms with van der Waals surface area (Å²) in [5.41, 5.74) is -0.453. The number of ether oxygens (including phenoxy) is 1. The summed E-state index contributed by atoms with van der Waals surface area (Å²) in [4.78, 5) is 27.6. The van der Waals surface area contributed by atoms with Gasteiger partial charge in [-0.25, -0.2) is 0 Å². The standard InChI is InChI=1S/C17H30N2O4/c1-17(2,3)23-16(22)14-6-4-5-9-19(14)13-7-10-18(11-8-13)12-15(20)21/h13-14H,4-12H2,1-3H3,(H,20,21). The van der Waals surface area contributed by atoms with Gasteiger partial charge in [-0.2, -0.15) is 0 Å². The van der Waals surface area contributed by atoms with Crippen molar-refractivity contribution in [3.05, 3.63) is 0 Å². The van der Waals surface area contributed by atoms with Crippen molar-refractivity contribution in [3.8, 4) is 0 Å². The Morgan fingerprint density at radius 2 is 1.74 bits per heavy atom. The molecule has 6 nitrogen and oxygen atoms in total. The summed E-state index contributed by atoms with van der Waals surface area (Å²) >= 11 is 0. The zero-order chi connectivity index (χ0) is 17.0. The van der Waals surface area contributed by atoms with Gasteiger partial charge in [-0.3, -0.25) is 19.4 Å². The number of carbonyl (C=O) groups excluding carboxylic acids is 1. The molecule has 0 saturated carbocycles. The van der Waals surface area contributed by atoms with E-state index in [2.05, 4.69) is 4.90 Å². The fourth-order valence-corrected chi connectivity index (χ4v) is 3.61. The predicted octanol–water partition coefficient (Wildman–Crippen LogP) is 1.73. The van der Waals surface area contributed by atoms with Crippen molar-refractivity contribution in [3.63, 3.8) is 0 Å². The Kier molecular flexibility index (Phi) is 6.03. The first-order valence-corrected chi connectivity index (χ1v) is 8.69. The summed E-state index contributed by atoms with van der Waals surface area (Å²) < 4.78 is 5.60. The normalized spacial score (nSPS) is 25.3. The van der Waals surface area contributed by atoms with Gasteiger partial charge in [0.05, 0.1) is 6.54 Å². The van der Waals surface area contributed by atoms with E-state index in [4.69, 9.17) is 9.84 Å². The number of likely N-dealkylation sites (tertiary alicyclic amines) is 2. The number of piperidine rings is 2. The highest BCUT2D eigenvalue weighted by molar-refractivity contribution is 5.76. The summed E-state index contributed by atoms with van der Waals surface area (Å²) in [6, 6.07) is 0.219. The molecule has 2 aliphatic rings. The summed E-state index contributed by atoms with van der Waals surface area (Å²) in [6.45, 7) is 8.34. The van der Waals surface area contributed by atoms with E-state index >= 15 is 0 Å². The molecule has 132 valence electrons. The lowest BCUT2D eigenvalue weighted by molar-refractivity contribution is -0.164. The Bertz CT molecular complexity index is 425. The van der Waals surface area contributed by atoms with Gasteiger partial charge in [-0.15, -0.1) is 0 Å². The minimum atomic E-state index is -0.770. The third kappa shape index (κ3) is 5.46. The molecule has 0 radical (unpaired) electrons. The van der Waals surface area contributed by atoms with Crippen molar-refractivity contribution < 1.29 is 19.4 Å². The highest BCUT2D eigenvalue weighted by Crippen LogP contribution is 2.27. The van der Waals surface area contributed by atoms with Gasteiger partial charge in [0.1, 0.15) is 11.6 Å². The number of carboxylic acids is 1. The molecular weight excluding hydrogens is 296 g/mol. The van der Waals surface area contributed by atoms with E-state index in [1.807, 2.05) is 25.7 Å². The van der Waals surface area contributed by atoms with Gasteiger partial charge in [-0.1, -0.05) is 6.42 Å². The van der Waals surface area contributed by atoms with E-state index in [9.17, 15) is 9.59 Å². The lowest BCUT2D eigenvalue weighted by Gasteiger charge is -2.43. The third-order valence-corrected chi connectivity index (χ3v) is 4.61. The Balaban J connectivity index is 1.94. The Hall–Kier alpha value is -1.14. The predicted molar refractivity (Wildman–Crippen MR) is 87.3 cm³/mol. The minimum absolute atomic E-state index is 0.106. The van der Waals surface area contributed by atoms with Crippen LogP contribution in [0, 0.1) is 0 Å². The van der Waals surface area contributed by atoms with Crippen LogP contribution in [0.3, 0.4) is 0 Å². The maximum atomic E-state index is 12.5. The topological polar surface area (TPSA) is 70.1 Å². The number of carbonyl (C=O) groups is 2.